The third kappa shape index (κ3) is 3.52. The maximum Gasteiger partial charge on any atom is 0.256 e. The number of hydrogen-bond acceptors (Lipinski definition) is 5. The summed E-state index contributed by atoms with van der Waals surface area (Å²) in [6.07, 6.45) is 4.10. The third-order valence-corrected chi connectivity index (χ3v) is 4.20. The van der Waals surface area contributed by atoms with E-state index in [1.165, 1.54) is 0 Å². The van der Waals surface area contributed by atoms with Crippen LogP contribution in [-0.2, 0) is 0 Å². The van der Waals surface area contributed by atoms with Crippen molar-refractivity contribution in [1.29, 1.82) is 0 Å². The molecule has 0 spiro atoms. The van der Waals surface area contributed by atoms with E-state index in [2.05, 4.69) is 18.0 Å². The molecule has 2 atom stereocenters. The van der Waals surface area contributed by atoms with Crippen LogP contribution in [0.1, 0.15) is 24.2 Å². The molecule has 1 aromatic heterocycles. The Bertz CT molecular complexity index is 502. The highest BCUT2D eigenvalue weighted by Crippen LogP contribution is 2.38. The summed E-state index contributed by atoms with van der Waals surface area (Å²) in [6, 6.07) is 7.99. The van der Waals surface area contributed by atoms with E-state index in [0.29, 0.717) is 5.22 Å². The van der Waals surface area contributed by atoms with E-state index >= 15 is 0 Å². The molecule has 2 unspecified atom stereocenters. The number of hydrogen-bond donors (Lipinski definition) is 1. The fourth-order valence-electron chi connectivity index (χ4n) is 1.81. The molecule has 2 aromatic rings. The van der Waals surface area contributed by atoms with E-state index in [0.717, 1.165) is 17.7 Å². The van der Waals surface area contributed by atoms with Gasteiger partial charge in [0, 0.05) is 6.04 Å². The molecule has 0 radical (unpaired) electrons. The molecule has 102 valence electrons. The van der Waals surface area contributed by atoms with Gasteiger partial charge in [-0.25, -0.2) is 4.98 Å². The lowest BCUT2D eigenvalue weighted by Crippen LogP contribution is -2.25. The normalized spacial score (nSPS) is 14.1. The molecule has 0 saturated carbocycles. The van der Waals surface area contributed by atoms with Crippen molar-refractivity contribution in [3.8, 4) is 5.75 Å². The average Bonchev–Trinajstić information content (AvgIpc) is 2.97. The first kappa shape index (κ1) is 14.0. The first-order chi connectivity index (χ1) is 9.24. The van der Waals surface area contributed by atoms with Crippen LogP contribution < -0.4 is 10.5 Å². The zero-order valence-electron chi connectivity index (χ0n) is 11.1. The Morgan fingerprint density at radius 3 is 2.95 bits per heavy atom. The molecule has 0 amide bonds. The second-order valence-corrected chi connectivity index (χ2v) is 5.28. The Hall–Kier alpha value is -1.46. The molecule has 5 heteroatoms. The van der Waals surface area contributed by atoms with Gasteiger partial charge in [0.1, 0.15) is 12.0 Å². The number of oxazole rings is 1. The minimum atomic E-state index is 0.0315. The number of thioether (sulfide) groups is 1. The quantitative estimate of drug-likeness (QED) is 0.822. The van der Waals surface area contributed by atoms with Crippen molar-refractivity contribution in [1.82, 2.24) is 4.98 Å². The number of nitrogens with zero attached hydrogens (tertiary/aromatic N) is 1. The van der Waals surface area contributed by atoms with Gasteiger partial charge in [0.25, 0.3) is 5.22 Å². The molecule has 0 bridgehead atoms. The summed E-state index contributed by atoms with van der Waals surface area (Å²) in [5.41, 5.74) is 7.35. The van der Waals surface area contributed by atoms with Crippen LogP contribution in [-0.4, -0.2) is 18.1 Å². The Morgan fingerprint density at radius 1 is 1.47 bits per heavy atom. The van der Waals surface area contributed by atoms with E-state index in [1.807, 2.05) is 18.2 Å². The van der Waals surface area contributed by atoms with Crippen molar-refractivity contribution in [2.75, 3.05) is 7.11 Å². The number of ether oxygens (including phenoxy) is 1. The van der Waals surface area contributed by atoms with Gasteiger partial charge < -0.3 is 14.9 Å². The number of nitrogens with two attached hydrogens (primary N) is 1. The number of rotatable bonds is 6. The molecule has 0 aliphatic rings. The van der Waals surface area contributed by atoms with Crippen LogP contribution in [0, 0.1) is 0 Å². The van der Waals surface area contributed by atoms with Gasteiger partial charge in [-0.1, -0.05) is 30.8 Å². The van der Waals surface area contributed by atoms with Crippen molar-refractivity contribution >= 4 is 11.8 Å². The van der Waals surface area contributed by atoms with Crippen LogP contribution in [0.2, 0.25) is 0 Å². The average molecular weight is 278 g/mol. The van der Waals surface area contributed by atoms with Crippen LogP contribution in [0.5, 0.6) is 5.75 Å². The molecule has 19 heavy (non-hydrogen) atoms. The minimum Gasteiger partial charge on any atom is -0.497 e. The molecule has 2 N–H and O–H groups in total. The largest absolute Gasteiger partial charge is 0.497 e. The molecular formula is C14H18N2O2S. The molecule has 2 rings (SSSR count). The highest BCUT2D eigenvalue weighted by Gasteiger charge is 2.22. The van der Waals surface area contributed by atoms with Gasteiger partial charge in [0.2, 0.25) is 0 Å². The fourth-order valence-corrected chi connectivity index (χ4v) is 2.91. The van der Waals surface area contributed by atoms with Crippen LogP contribution in [0.15, 0.2) is 46.4 Å². The first-order valence-corrected chi connectivity index (χ1v) is 7.08. The molecule has 0 aliphatic heterocycles. The van der Waals surface area contributed by atoms with Crippen LogP contribution in [0.3, 0.4) is 0 Å². The second kappa shape index (κ2) is 6.63. The number of aromatic nitrogens is 1. The van der Waals surface area contributed by atoms with Crippen molar-refractivity contribution in [3.63, 3.8) is 0 Å². The van der Waals surface area contributed by atoms with Gasteiger partial charge in [0.05, 0.1) is 18.6 Å². The SMILES string of the molecule is CCC(N)C(Sc1ncco1)c1cccc(OC)c1. The predicted molar refractivity (Wildman–Crippen MR) is 76.4 cm³/mol. The lowest BCUT2D eigenvalue weighted by Gasteiger charge is -2.21. The summed E-state index contributed by atoms with van der Waals surface area (Å²) in [7, 11) is 1.66. The highest BCUT2D eigenvalue weighted by atomic mass is 32.2. The van der Waals surface area contributed by atoms with Crippen molar-refractivity contribution in [3.05, 3.63) is 42.3 Å². The monoisotopic (exact) mass is 278 g/mol. The topological polar surface area (TPSA) is 61.3 Å². The molecule has 0 fully saturated rings. The summed E-state index contributed by atoms with van der Waals surface area (Å²) in [6.45, 7) is 2.08. The van der Waals surface area contributed by atoms with Gasteiger partial charge >= 0.3 is 0 Å². The van der Waals surface area contributed by atoms with E-state index in [1.54, 1.807) is 31.3 Å². The fraction of sp³-hybridized carbons (Fsp3) is 0.357. The summed E-state index contributed by atoms with van der Waals surface area (Å²) < 4.78 is 10.6. The third-order valence-electron chi connectivity index (χ3n) is 2.92. The van der Waals surface area contributed by atoms with Gasteiger partial charge in [-0.2, -0.15) is 0 Å². The smallest absolute Gasteiger partial charge is 0.256 e. The maximum absolute atomic E-state index is 6.23. The zero-order valence-corrected chi connectivity index (χ0v) is 11.9. The summed E-state index contributed by atoms with van der Waals surface area (Å²) in [5.74, 6) is 0.832. The molecule has 1 aromatic carbocycles. The Morgan fingerprint density at radius 2 is 2.32 bits per heavy atom. The highest BCUT2D eigenvalue weighted by molar-refractivity contribution is 7.99. The Balaban J connectivity index is 2.25. The number of methoxy groups -OCH3 is 1. The van der Waals surface area contributed by atoms with E-state index < -0.39 is 0 Å². The van der Waals surface area contributed by atoms with Gasteiger partial charge in [-0.05, 0) is 24.1 Å². The molecule has 0 saturated heterocycles. The minimum absolute atomic E-state index is 0.0315. The first-order valence-electron chi connectivity index (χ1n) is 6.20. The maximum atomic E-state index is 6.23. The predicted octanol–water partition coefficient (Wildman–Crippen LogP) is 3.25. The number of benzene rings is 1. The van der Waals surface area contributed by atoms with Crippen molar-refractivity contribution in [2.24, 2.45) is 5.73 Å². The lowest BCUT2D eigenvalue weighted by molar-refractivity contribution is 0.414. The van der Waals surface area contributed by atoms with Crippen LogP contribution in [0.25, 0.3) is 0 Å². The zero-order chi connectivity index (χ0) is 13.7. The molecule has 4 nitrogen and oxygen atoms in total. The Kier molecular flexibility index (Phi) is 4.87. The molecule has 0 aliphatic carbocycles. The molecular weight excluding hydrogens is 260 g/mol. The van der Waals surface area contributed by atoms with Gasteiger partial charge in [-0.3, -0.25) is 0 Å². The summed E-state index contributed by atoms with van der Waals surface area (Å²) in [4.78, 5) is 4.15. The van der Waals surface area contributed by atoms with E-state index in [4.69, 9.17) is 14.9 Å². The lowest BCUT2D eigenvalue weighted by atomic mass is 10.0. The summed E-state index contributed by atoms with van der Waals surface area (Å²) >= 11 is 1.54. The van der Waals surface area contributed by atoms with E-state index in [9.17, 15) is 0 Å². The van der Waals surface area contributed by atoms with Crippen LogP contribution in [0.4, 0.5) is 0 Å². The summed E-state index contributed by atoms with van der Waals surface area (Å²) in [5, 5.41) is 0.732. The van der Waals surface area contributed by atoms with Gasteiger partial charge in [0.15, 0.2) is 0 Å². The Labute approximate surface area is 117 Å². The van der Waals surface area contributed by atoms with Crippen molar-refractivity contribution < 1.29 is 9.15 Å². The van der Waals surface area contributed by atoms with Crippen molar-refractivity contribution in [2.45, 2.75) is 29.9 Å². The second-order valence-electron chi connectivity index (χ2n) is 4.19. The standard InChI is InChI=1S/C14H18N2O2S/c1-3-12(15)13(19-14-16-7-8-18-14)10-5-4-6-11(9-10)17-2/h4-9,12-13H,3,15H2,1-2H3. The molecule has 1 heterocycles. The van der Waals surface area contributed by atoms with Crippen LogP contribution >= 0.6 is 11.8 Å². The van der Waals surface area contributed by atoms with E-state index in [-0.39, 0.29) is 11.3 Å². The van der Waals surface area contributed by atoms with Gasteiger partial charge in [-0.15, -0.1) is 0 Å².